The van der Waals surface area contributed by atoms with Gasteiger partial charge in [0, 0.05) is 19.0 Å². The predicted molar refractivity (Wildman–Crippen MR) is 103 cm³/mol. The van der Waals surface area contributed by atoms with E-state index in [-0.39, 0.29) is 17.7 Å². The number of hydrogen-bond acceptors (Lipinski definition) is 7. The zero-order valence-corrected chi connectivity index (χ0v) is 16.3. The number of anilines is 1. The Hall–Kier alpha value is -2.59. The Morgan fingerprint density at radius 2 is 2.25 bits per heavy atom. The topological polar surface area (TPSA) is 108 Å². The van der Waals surface area contributed by atoms with Crippen molar-refractivity contribution in [2.24, 2.45) is 0 Å². The molecule has 1 aromatic carbocycles. The Bertz CT molecular complexity index is 1040. The molecule has 1 fully saturated rings. The van der Waals surface area contributed by atoms with Gasteiger partial charge in [0.15, 0.2) is 11.4 Å². The summed E-state index contributed by atoms with van der Waals surface area (Å²) in [6.07, 6.45) is 5.93. The van der Waals surface area contributed by atoms with Gasteiger partial charge < -0.3 is 14.0 Å². The van der Waals surface area contributed by atoms with Crippen LogP contribution in [0.15, 0.2) is 35.1 Å². The fourth-order valence-corrected chi connectivity index (χ4v) is 4.64. The van der Waals surface area contributed by atoms with Crippen molar-refractivity contribution in [3.05, 3.63) is 36.2 Å². The number of benzene rings is 1. The van der Waals surface area contributed by atoms with Crippen molar-refractivity contribution in [3.8, 4) is 5.75 Å². The molecule has 0 spiro atoms. The second-order valence-electron chi connectivity index (χ2n) is 6.78. The molecular formula is C18H22N4O5S. The first-order chi connectivity index (χ1) is 13.5. The molecule has 3 aromatic rings. The van der Waals surface area contributed by atoms with E-state index in [0.29, 0.717) is 29.9 Å². The van der Waals surface area contributed by atoms with E-state index in [1.807, 2.05) is 18.3 Å². The van der Waals surface area contributed by atoms with Crippen LogP contribution in [-0.4, -0.2) is 48.9 Å². The standard InChI is InChI=1S/C18H22N4O5S/c1-25-15-9-13(11-22-7-4-6-19-22)10-16-17(15)18(20-27-16)21-28(23,24)12-14-5-2-3-8-26-14/h4,6-7,9-10,14H,2-3,5,8,11-12H2,1H3,(H,20,21). The fraction of sp³-hybridized carbons (Fsp3) is 0.444. The van der Waals surface area contributed by atoms with E-state index in [1.54, 1.807) is 16.9 Å². The van der Waals surface area contributed by atoms with E-state index in [2.05, 4.69) is 15.0 Å². The number of sulfonamides is 1. The third-order valence-electron chi connectivity index (χ3n) is 4.65. The highest BCUT2D eigenvalue weighted by molar-refractivity contribution is 7.92. The van der Waals surface area contributed by atoms with E-state index < -0.39 is 10.0 Å². The zero-order chi connectivity index (χ0) is 19.6. The Morgan fingerprint density at radius 3 is 2.96 bits per heavy atom. The number of hydrogen-bond donors (Lipinski definition) is 1. The van der Waals surface area contributed by atoms with E-state index in [0.717, 1.165) is 24.8 Å². The monoisotopic (exact) mass is 406 g/mol. The van der Waals surface area contributed by atoms with Gasteiger partial charge in [-0.25, -0.2) is 8.42 Å². The summed E-state index contributed by atoms with van der Waals surface area (Å²) in [5.74, 6) is 0.488. The minimum absolute atomic E-state index is 0.110. The molecule has 0 amide bonds. The first-order valence-electron chi connectivity index (χ1n) is 9.10. The molecule has 0 saturated carbocycles. The molecule has 2 aromatic heterocycles. The lowest BCUT2D eigenvalue weighted by atomic mass is 10.1. The first kappa shape index (κ1) is 18.8. The molecule has 0 bridgehead atoms. The summed E-state index contributed by atoms with van der Waals surface area (Å²) in [5.41, 5.74) is 1.34. The van der Waals surface area contributed by atoms with Crippen molar-refractivity contribution < 1.29 is 22.4 Å². The molecule has 4 rings (SSSR count). The van der Waals surface area contributed by atoms with Gasteiger partial charge in [-0.2, -0.15) is 5.10 Å². The van der Waals surface area contributed by atoms with Crippen LogP contribution in [0.3, 0.4) is 0 Å². The molecule has 1 saturated heterocycles. The van der Waals surface area contributed by atoms with Crippen LogP contribution in [0.25, 0.3) is 11.0 Å². The van der Waals surface area contributed by atoms with Gasteiger partial charge in [0.1, 0.15) is 11.1 Å². The maximum absolute atomic E-state index is 12.6. The van der Waals surface area contributed by atoms with Gasteiger partial charge in [0.2, 0.25) is 10.0 Å². The third kappa shape index (κ3) is 4.12. The molecule has 1 aliphatic rings. The zero-order valence-electron chi connectivity index (χ0n) is 15.5. The molecular weight excluding hydrogens is 384 g/mol. The Kier molecular flexibility index (Phi) is 5.23. The number of rotatable bonds is 7. The summed E-state index contributed by atoms with van der Waals surface area (Å²) in [6, 6.07) is 5.46. The highest BCUT2D eigenvalue weighted by atomic mass is 32.2. The van der Waals surface area contributed by atoms with Crippen molar-refractivity contribution in [3.63, 3.8) is 0 Å². The lowest BCUT2D eigenvalue weighted by Gasteiger charge is -2.22. The van der Waals surface area contributed by atoms with Crippen LogP contribution in [0.4, 0.5) is 5.82 Å². The first-order valence-corrected chi connectivity index (χ1v) is 10.7. The van der Waals surface area contributed by atoms with Crippen LogP contribution in [0.1, 0.15) is 24.8 Å². The quantitative estimate of drug-likeness (QED) is 0.642. The van der Waals surface area contributed by atoms with E-state index >= 15 is 0 Å². The minimum atomic E-state index is -3.64. The second-order valence-corrected chi connectivity index (χ2v) is 8.55. The van der Waals surface area contributed by atoms with Crippen molar-refractivity contribution in [2.75, 3.05) is 24.2 Å². The molecule has 1 unspecified atom stereocenters. The van der Waals surface area contributed by atoms with Gasteiger partial charge in [-0.15, -0.1) is 0 Å². The van der Waals surface area contributed by atoms with Gasteiger partial charge >= 0.3 is 0 Å². The van der Waals surface area contributed by atoms with Crippen molar-refractivity contribution >= 4 is 26.8 Å². The largest absolute Gasteiger partial charge is 0.496 e. The lowest BCUT2D eigenvalue weighted by molar-refractivity contribution is 0.0306. The summed E-state index contributed by atoms with van der Waals surface area (Å²) < 4.78 is 45.8. The number of fused-ring (bicyclic) bond motifs is 1. The molecule has 9 nitrogen and oxygen atoms in total. The SMILES string of the molecule is COc1cc(Cn2cccn2)cc2onc(NS(=O)(=O)CC3CCCCO3)c12. The molecule has 3 heterocycles. The van der Waals surface area contributed by atoms with E-state index in [1.165, 1.54) is 7.11 Å². The van der Waals surface area contributed by atoms with Gasteiger partial charge in [-0.1, -0.05) is 5.16 Å². The van der Waals surface area contributed by atoms with E-state index in [4.69, 9.17) is 14.0 Å². The Labute approximate surface area is 162 Å². The number of nitrogens with one attached hydrogen (secondary N) is 1. The van der Waals surface area contributed by atoms with Gasteiger partial charge in [0.05, 0.1) is 25.5 Å². The van der Waals surface area contributed by atoms with Crippen LogP contribution in [0.2, 0.25) is 0 Å². The molecule has 0 radical (unpaired) electrons. The summed E-state index contributed by atoms with van der Waals surface area (Å²) in [7, 11) is -2.12. The lowest BCUT2D eigenvalue weighted by Crippen LogP contribution is -2.31. The van der Waals surface area contributed by atoms with Gasteiger partial charge in [0.25, 0.3) is 0 Å². The average molecular weight is 406 g/mol. The van der Waals surface area contributed by atoms with Gasteiger partial charge in [-0.3, -0.25) is 9.40 Å². The Morgan fingerprint density at radius 1 is 1.36 bits per heavy atom. The van der Waals surface area contributed by atoms with Crippen molar-refractivity contribution in [1.82, 2.24) is 14.9 Å². The maximum atomic E-state index is 12.6. The van der Waals surface area contributed by atoms with Crippen LogP contribution >= 0.6 is 0 Å². The summed E-state index contributed by atoms with van der Waals surface area (Å²) >= 11 is 0. The highest BCUT2D eigenvalue weighted by Crippen LogP contribution is 2.34. The molecule has 1 atom stereocenters. The Balaban J connectivity index is 1.59. The molecule has 0 aliphatic carbocycles. The number of aromatic nitrogens is 3. The number of nitrogens with zero attached hydrogens (tertiary/aromatic N) is 3. The van der Waals surface area contributed by atoms with E-state index in [9.17, 15) is 8.42 Å². The molecule has 10 heteroatoms. The van der Waals surface area contributed by atoms with Crippen LogP contribution < -0.4 is 9.46 Å². The smallest absolute Gasteiger partial charge is 0.236 e. The molecule has 1 N–H and O–H groups in total. The maximum Gasteiger partial charge on any atom is 0.236 e. The summed E-state index contributed by atoms with van der Waals surface area (Å²) in [5, 5.41) is 8.58. The number of methoxy groups -OCH3 is 1. The van der Waals surface area contributed by atoms with Crippen LogP contribution in [0, 0.1) is 0 Å². The molecule has 28 heavy (non-hydrogen) atoms. The second kappa shape index (κ2) is 7.80. The average Bonchev–Trinajstić information content (AvgIpc) is 3.31. The summed E-state index contributed by atoms with van der Waals surface area (Å²) in [4.78, 5) is 0. The normalized spacial score (nSPS) is 17.7. The predicted octanol–water partition coefficient (Wildman–Crippen LogP) is 2.39. The minimum Gasteiger partial charge on any atom is -0.496 e. The third-order valence-corrected chi connectivity index (χ3v) is 5.97. The van der Waals surface area contributed by atoms with Crippen LogP contribution in [-0.2, 0) is 21.3 Å². The summed E-state index contributed by atoms with van der Waals surface area (Å²) in [6.45, 7) is 1.13. The fourth-order valence-electron chi connectivity index (χ4n) is 3.37. The van der Waals surface area contributed by atoms with Gasteiger partial charge in [-0.05, 0) is 43.0 Å². The van der Waals surface area contributed by atoms with Crippen LogP contribution in [0.5, 0.6) is 5.75 Å². The number of ether oxygens (including phenoxy) is 2. The van der Waals surface area contributed by atoms with Crippen molar-refractivity contribution in [1.29, 1.82) is 0 Å². The van der Waals surface area contributed by atoms with Crippen molar-refractivity contribution in [2.45, 2.75) is 31.9 Å². The molecule has 1 aliphatic heterocycles. The molecule has 150 valence electrons. The highest BCUT2D eigenvalue weighted by Gasteiger charge is 2.25.